The molecule has 3 aliphatic carbocycles. The lowest BCUT2D eigenvalue weighted by Crippen LogP contribution is -2.44. The van der Waals surface area contributed by atoms with Crippen LogP contribution in [-0.4, -0.2) is 33.8 Å². The lowest BCUT2D eigenvalue weighted by atomic mass is 9.81. The van der Waals surface area contributed by atoms with Crippen LogP contribution in [-0.2, 0) is 14.4 Å². The van der Waals surface area contributed by atoms with Crippen molar-refractivity contribution < 1.29 is 19.5 Å². The average molecular weight is 291 g/mol. The number of fused-ring (bicyclic) bond motifs is 5. The van der Waals surface area contributed by atoms with Gasteiger partial charge in [0, 0.05) is 6.04 Å². The second kappa shape index (κ2) is 4.55. The smallest absolute Gasteiger partial charge is 0.306 e. The number of rotatable bonds is 2. The van der Waals surface area contributed by atoms with Crippen LogP contribution in [0.15, 0.2) is 0 Å². The van der Waals surface area contributed by atoms with Gasteiger partial charge in [-0.3, -0.25) is 19.3 Å². The third-order valence-electron chi connectivity index (χ3n) is 6.37. The first-order valence-electron chi connectivity index (χ1n) is 8.17. The summed E-state index contributed by atoms with van der Waals surface area (Å²) in [5, 5.41) is 9.06. The largest absolute Gasteiger partial charge is 0.481 e. The Bertz CT molecular complexity index is 480. The fraction of sp³-hybridized carbons (Fsp3) is 0.812. The lowest BCUT2D eigenvalue weighted by Gasteiger charge is -2.32. The number of hydrogen-bond acceptors (Lipinski definition) is 3. The molecule has 0 spiro atoms. The number of carbonyl (C=O) groups excluding carboxylic acids is 2. The number of hydrogen-bond donors (Lipinski definition) is 1. The summed E-state index contributed by atoms with van der Waals surface area (Å²) >= 11 is 0. The molecule has 4 rings (SSSR count). The van der Waals surface area contributed by atoms with Gasteiger partial charge in [-0.15, -0.1) is 0 Å². The van der Waals surface area contributed by atoms with E-state index in [-0.39, 0.29) is 35.6 Å². The van der Waals surface area contributed by atoms with Crippen molar-refractivity contribution in [2.45, 2.75) is 51.0 Å². The zero-order valence-electron chi connectivity index (χ0n) is 12.0. The summed E-state index contributed by atoms with van der Waals surface area (Å²) in [5.41, 5.74) is 0. The summed E-state index contributed by atoms with van der Waals surface area (Å²) in [6.45, 7) is 0. The topological polar surface area (TPSA) is 74.7 Å². The van der Waals surface area contributed by atoms with Crippen LogP contribution in [0.1, 0.15) is 44.9 Å². The predicted molar refractivity (Wildman–Crippen MR) is 73.0 cm³/mol. The van der Waals surface area contributed by atoms with Crippen LogP contribution in [0.25, 0.3) is 0 Å². The molecule has 1 aliphatic heterocycles. The molecule has 5 heteroatoms. The molecule has 1 heterocycles. The minimum Gasteiger partial charge on any atom is -0.481 e. The Labute approximate surface area is 123 Å². The van der Waals surface area contributed by atoms with Crippen molar-refractivity contribution in [3.63, 3.8) is 0 Å². The van der Waals surface area contributed by atoms with E-state index < -0.39 is 5.97 Å². The van der Waals surface area contributed by atoms with Crippen LogP contribution in [0.2, 0.25) is 0 Å². The molecule has 5 nitrogen and oxygen atoms in total. The summed E-state index contributed by atoms with van der Waals surface area (Å²) in [4.78, 5) is 37.9. The summed E-state index contributed by atoms with van der Waals surface area (Å²) in [6, 6.07) is -0.0504. The molecule has 114 valence electrons. The molecule has 4 fully saturated rings. The summed E-state index contributed by atoms with van der Waals surface area (Å²) in [5.74, 6) is -0.186. The van der Waals surface area contributed by atoms with Crippen molar-refractivity contribution in [2.75, 3.05) is 0 Å². The van der Waals surface area contributed by atoms with E-state index in [1.807, 2.05) is 0 Å². The van der Waals surface area contributed by atoms with E-state index in [4.69, 9.17) is 5.11 Å². The summed E-state index contributed by atoms with van der Waals surface area (Å²) < 4.78 is 0. The second-order valence-electron chi connectivity index (χ2n) is 7.27. The van der Waals surface area contributed by atoms with Gasteiger partial charge >= 0.3 is 5.97 Å². The average Bonchev–Trinajstić information content (AvgIpc) is 3.13. The van der Waals surface area contributed by atoms with Gasteiger partial charge in [-0.25, -0.2) is 0 Å². The van der Waals surface area contributed by atoms with Gasteiger partial charge < -0.3 is 5.11 Å². The molecule has 0 aromatic rings. The van der Waals surface area contributed by atoms with Gasteiger partial charge in [0.05, 0.1) is 17.8 Å². The molecular weight excluding hydrogens is 270 g/mol. The van der Waals surface area contributed by atoms with E-state index in [0.717, 1.165) is 19.3 Å². The quantitative estimate of drug-likeness (QED) is 0.785. The standard InChI is InChI=1S/C16H21NO4/c18-14-12-9-1-2-10(7-9)13(12)15(19)17(14)11-5-3-8(4-6-11)16(20)21/h8-13H,1-7H2,(H,20,21)/t8?,9-,10+,11?,12-,13+. The van der Waals surface area contributed by atoms with Crippen LogP contribution in [0.3, 0.4) is 0 Å². The van der Waals surface area contributed by atoms with Gasteiger partial charge in [-0.2, -0.15) is 0 Å². The Balaban J connectivity index is 1.51. The minimum atomic E-state index is -0.748. The number of carbonyl (C=O) groups is 3. The SMILES string of the molecule is O=C(O)C1CCC(N2C(=O)[C@@H]3[C@@H]4CC[C@@H](C4)[C@@H]3C2=O)CC1. The highest BCUT2D eigenvalue weighted by molar-refractivity contribution is 6.06. The maximum Gasteiger partial charge on any atom is 0.306 e. The molecule has 0 aromatic carbocycles. The van der Waals surface area contributed by atoms with Gasteiger partial charge in [0.1, 0.15) is 0 Å². The molecule has 4 aliphatic rings. The van der Waals surface area contributed by atoms with E-state index in [9.17, 15) is 14.4 Å². The fourth-order valence-electron chi connectivity index (χ4n) is 5.37. The Morgan fingerprint density at radius 1 is 0.905 bits per heavy atom. The molecule has 21 heavy (non-hydrogen) atoms. The third kappa shape index (κ3) is 1.79. The number of aliphatic carboxylic acids is 1. The van der Waals surface area contributed by atoms with Crippen molar-refractivity contribution >= 4 is 17.8 Å². The molecule has 1 saturated heterocycles. The van der Waals surface area contributed by atoms with Gasteiger partial charge in [0.2, 0.25) is 11.8 Å². The maximum atomic E-state index is 12.7. The molecule has 0 unspecified atom stereocenters. The van der Waals surface area contributed by atoms with E-state index >= 15 is 0 Å². The van der Waals surface area contributed by atoms with Crippen molar-refractivity contribution in [3.8, 4) is 0 Å². The molecule has 4 atom stereocenters. The highest BCUT2D eigenvalue weighted by Gasteiger charge is 2.61. The molecule has 3 saturated carbocycles. The van der Waals surface area contributed by atoms with Gasteiger partial charge in [-0.1, -0.05) is 0 Å². The normalized spacial score (nSPS) is 45.2. The van der Waals surface area contributed by atoms with Crippen molar-refractivity contribution in [1.82, 2.24) is 4.90 Å². The van der Waals surface area contributed by atoms with Gasteiger partial charge in [0.15, 0.2) is 0 Å². The van der Waals surface area contributed by atoms with Crippen molar-refractivity contribution in [2.24, 2.45) is 29.6 Å². The Morgan fingerprint density at radius 3 is 1.90 bits per heavy atom. The van der Waals surface area contributed by atoms with Crippen LogP contribution in [0.5, 0.6) is 0 Å². The first-order valence-corrected chi connectivity index (χ1v) is 8.17. The Hall–Kier alpha value is -1.39. The minimum absolute atomic E-state index is 0.0477. The third-order valence-corrected chi connectivity index (χ3v) is 6.37. The summed E-state index contributed by atoms with van der Waals surface area (Å²) in [7, 11) is 0. The zero-order chi connectivity index (χ0) is 14.7. The number of likely N-dealkylation sites (tertiary alicyclic amines) is 1. The van der Waals surface area contributed by atoms with E-state index in [0.29, 0.717) is 37.5 Å². The first kappa shape index (κ1) is 13.3. The zero-order valence-corrected chi connectivity index (χ0v) is 12.0. The van der Waals surface area contributed by atoms with Gasteiger partial charge in [0.25, 0.3) is 0 Å². The monoisotopic (exact) mass is 291 g/mol. The Kier molecular flexibility index (Phi) is 2.88. The van der Waals surface area contributed by atoms with E-state index in [1.165, 1.54) is 4.90 Å². The van der Waals surface area contributed by atoms with Crippen molar-refractivity contribution in [1.29, 1.82) is 0 Å². The summed E-state index contributed by atoms with van der Waals surface area (Å²) in [6.07, 6.45) is 5.74. The number of carboxylic acid groups (broad SMARTS) is 1. The van der Waals surface area contributed by atoms with Crippen molar-refractivity contribution in [3.05, 3.63) is 0 Å². The molecule has 1 N–H and O–H groups in total. The fourth-order valence-corrected chi connectivity index (χ4v) is 5.37. The predicted octanol–water partition coefficient (Wildman–Crippen LogP) is 1.66. The van der Waals surface area contributed by atoms with E-state index in [1.54, 1.807) is 0 Å². The lowest BCUT2D eigenvalue weighted by molar-refractivity contribution is -0.146. The van der Waals surface area contributed by atoms with Crippen LogP contribution in [0.4, 0.5) is 0 Å². The Morgan fingerprint density at radius 2 is 1.43 bits per heavy atom. The number of nitrogens with zero attached hydrogens (tertiary/aromatic N) is 1. The van der Waals surface area contributed by atoms with Crippen LogP contribution in [0, 0.1) is 29.6 Å². The number of carboxylic acids is 1. The highest BCUT2D eigenvalue weighted by Crippen LogP contribution is 2.56. The van der Waals surface area contributed by atoms with E-state index in [2.05, 4.69) is 0 Å². The molecular formula is C16H21NO4. The molecule has 2 bridgehead atoms. The van der Waals surface area contributed by atoms with Gasteiger partial charge in [-0.05, 0) is 56.8 Å². The first-order chi connectivity index (χ1) is 10.1. The maximum absolute atomic E-state index is 12.7. The number of imide groups is 1. The number of amides is 2. The molecule has 2 amide bonds. The van der Waals surface area contributed by atoms with Crippen LogP contribution >= 0.6 is 0 Å². The van der Waals surface area contributed by atoms with Crippen LogP contribution < -0.4 is 0 Å². The molecule has 0 radical (unpaired) electrons. The highest BCUT2D eigenvalue weighted by atomic mass is 16.4. The second-order valence-corrected chi connectivity index (χ2v) is 7.27. The molecule has 0 aromatic heterocycles.